The van der Waals surface area contributed by atoms with Gasteiger partial charge in [-0.25, -0.2) is 0 Å². The Morgan fingerprint density at radius 1 is 1.14 bits per heavy atom. The van der Waals surface area contributed by atoms with Gasteiger partial charge in [-0.1, -0.05) is 19.9 Å². The molecule has 4 heteroatoms. The van der Waals surface area contributed by atoms with Crippen molar-refractivity contribution in [3.63, 3.8) is 0 Å². The number of nitrogens with one attached hydrogen (secondary N) is 1. The van der Waals surface area contributed by atoms with E-state index in [1.54, 1.807) is 0 Å². The van der Waals surface area contributed by atoms with Crippen molar-refractivity contribution in [3.8, 4) is 11.5 Å². The van der Waals surface area contributed by atoms with Crippen molar-refractivity contribution in [3.05, 3.63) is 23.8 Å². The van der Waals surface area contributed by atoms with Gasteiger partial charge in [-0.05, 0) is 49.3 Å². The third kappa shape index (κ3) is 5.11. The highest BCUT2D eigenvalue weighted by molar-refractivity contribution is 7.99. The molecule has 0 spiro atoms. The molecule has 1 saturated heterocycles. The summed E-state index contributed by atoms with van der Waals surface area (Å²) in [6, 6.07) is 6.81. The Balaban J connectivity index is 2.13. The summed E-state index contributed by atoms with van der Waals surface area (Å²) in [4.78, 5) is 0. The quantitative estimate of drug-likeness (QED) is 0.823. The molecule has 1 N–H and O–H groups in total. The van der Waals surface area contributed by atoms with Gasteiger partial charge in [0, 0.05) is 11.8 Å². The summed E-state index contributed by atoms with van der Waals surface area (Å²) in [6.07, 6.45) is 3.27. The molecule has 0 aliphatic carbocycles. The molecule has 1 heterocycles. The molecule has 1 aliphatic rings. The summed E-state index contributed by atoms with van der Waals surface area (Å²) in [7, 11) is 0. The van der Waals surface area contributed by atoms with Crippen LogP contribution in [0.1, 0.15) is 44.7 Å². The lowest BCUT2D eigenvalue weighted by atomic mass is 10.1. The number of ether oxygens (including phenoxy) is 2. The third-order valence-corrected chi connectivity index (χ3v) is 4.58. The molecular weight excluding hydrogens is 282 g/mol. The van der Waals surface area contributed by atoms with Crippen molar-refractivity contribution in [2.45, 2.75) is 39.2 Å². The van der Waals surface area contributed by atoms with Crippen LogP contribution in [0.5, 0.6) is 11.5 Å². The predicted molar refractivity (Wildman–Crippen MR) is 90.7 cm³/mol. The molecule has 1 fully saturated rings. The maximum atomic E-state index is 5.89. The van der Waals surface area contributed by atoms with E-state index < -0.39 is 0 Å². The van der Waals surface area contributed by atoms with Crippen LogP contribution in [0.2, 0.25) is 0 Å². The predicted octanol–water partition coefficient (Wildman–Crippen LogP) is 4.03. The minimum Gasteiger partial charge on any atom is -0.490 e. The van der Waals surface area contributed by atoms with Crippen LogP contribution in [0.4, 0.5) is 0 Å². The van der Waals surface area contributed by atoms with E-state index in [4.69, 9.17) is 9.47 Å². The number of rotatable bonds is 7. The van der Waals surface area contributed by atoms with Crippen LogP contribution in [0.15, 0.2) is 18.2 Å². The van der Waals surface area contributed by atoms with Gasteiger partial charge in [0.15, 0.2) is 11.5 Å². The summed E-state index contributed by atoms with van der Waals surface area (Å²) < 4.78 is 11.7. The van der Waals surface area contributed by atoms with Gasteiger partial charge >= 0.3 is 0 Å². The highest BCUT2D eigenvalue weighted by atomic mass is 32.2. The van der Waals surface area contributed by atoms with Crippen molar-refractivity contribution >= 4 is 11.8 Å². The molecule has 118 valence electrons. The van der Waals surface area contributed by atoms with Gasteiger partial charge in [0.25, 0.3) is 0 Å². The Hall–Kier alpha value is -0.870. The van der Waals surface area contributed by atoms with Crippen LogP contribution in [-0.4, -0.2) is 31.3 Å². The minimum atomic E-state index is 0.418. The fraction of sp³-hybridized carbons (Fsp3) is 0.647. The second kappa shape index (κ2) is 9.21. The van der Waals surface area contributed by atoms with Crippen LogP contribution < -0.4 is 14.8 Å². The molecule has 0 amide bonds. The van der Waals surface area contributed by atoms with Crippen LogP contribution >= 0.6 is 11.8 Å². The molecular formula is C17H27NO2S. The van der Waals surface area contributed by atoms with Gasteiger partial charge in [-0.3, -0.25) is 0 Å². The van der Waals surface area contributed by atoms with Gasteiger partial charge in [0.2, 0.25) is 0 Å². The molecule has 2 rings (SSSR count). The fourth-order valence-electron chi connectivity index (χ4n) is 2.32. The first-order valence-electron chi connectivity index (χ1n) is 8.05. The summed E-state index contributed by atoms with van der Waals surface area (Å²) in [5.74, 6) is 4.14. The first kappa shape index (κ1) is 16.5. The maximum Gasteiger partial charge on any atom is 0.161 e. The first-order valence-corrected chi connectivity index (χ1v) is 9.21. The van der Waals surface area contributed by atoms with Crippen LogP contribution in [0.25, 0.3) is 0 Å². The molecule has 21 heavy (non-hydrogen) atoms. The summed E-state index contributed by atoms with van der Waals surface area (Å²) in [5, 5.41) is 3.63. The molecule has 1 aromatic carbocycles. The number of hydrogen-bond donors (Lipinski definition) is 1. The minimum absolute atomic E-state index is 0.418. The normalized spacial score (nSPS) is 19.0. The van der Waals surface area contributed by atoms with E-state index in [1.807, 2.05) is 11.8 Å². The van der Waals surface area contributed by atoms with Gasteiger partial charge in [-0.15, -0.1) is 0 Å². The van der Waals surface area contributed by atoms with Crippen LogP contribution in [-0.2, 0) is 0 Å². The lowest BCUT2D eigenvalue weighted by Crippen LogP contribution is -2.22. The van der Waals surface area contributed by atoms with Crippen LogP contribution in [0, 0.1) is 0 Å². The molecule has 0 aromatic heterocycles. The Bertz CT molecular complexity index is 417. The Labute approximate surface area is 132 Å². The average Bonchev–Trinajstić information content (AvgIpc) is 2.80. The number of hydrogen-bond acceptors (Lipinski definition) is 4. The lowest BCUT2D eigenvalue weighted by Gasteiger charge is -2.19. The second-order valence-corrected chi connectivity index (χ2v) is 6.49. The molecule has 1 unspecified atom stereocenters. The van der Waals surface area contributed by atoms with Gasteiger partial charge in [-0.2, -0.15) is 11.8 Å². The van der Waals surface area contributed by atoms with E-state index in [1.165, 1.54) is 17.7 Å². The molecule has 0 saturated carbocycles. The Morgan fingerprint density at radius 2 is 1.90 bits per heavy atom. The van der Waals surface area contributed by atoms with Gasteiger partial charge in [0.05, 0.1) is 13.2 Å². The first-order chi connectivity index (χ1) is 10.3. The number of thioether (sulfide) groups is 1. The topological polar surface area (TPSA) is 30.5 Å². The smallest absolute Gasteiger partial charge is 0.161 e. The average molecular weight is 309 g/mol. The largest absolute Gasteiger partial charge is 0.490 e. The highest BCUT2D eigenvalue weighted by Crippen LogP contribution is 2.32. The zero-order valence-corrected chi connectivity index (χ0v) is 14.0. The monoisotopic (exact) mass is 309 g/mol. The van der Waals surface area contributed by atoms with E-state index >= 15 is 0 Å². The van der Waals surface area contributed by atoms with Crippen molar-refractivity contribution in [1.82, 2.24) is 5.32 Å². The maximum absolute atomic E-state index is 5.89. The van der Waals surface area contributed by atoms with E-state index in [2.05, 4.69) is 37.4 Å². The molecule has 1 aromatic rings. The summed E-state index contributed by atoms with van der Waals surface area (Å²) >= 11 is 2.03. The molecule has 0 radical (unpaired) electrons. The second-order valence-electron chi connectivity index (χ2n) is 5.34. The summed E-state index contributed by atoms with van der Waals surface area (Å²) in [5.41, 5.74) is 1.30. The van der Waals surface area contributed by atoms with Crippen molar-refractivity contribution < 1.29 is 9.47 Å². The molecule has 0 bridgehead atoms. The van der Waals surface area contributed by atoms with Gasteiger partial charge < -0.3 is 14.8 Å². The van der Waals surface area contributed by atoms with Crippen LogP contribution in [0.3, 0.4) is 0 Å². The van der Waals surface area contributed by atoms with Crippen molar-refractivity contribution in [2.75, 3.05) is 31.3 Å². The van der Waals surface area contributed by atoms with Crippen molar-refractivity contribution in [2.24, 2.45) is 0 Å². The zero-order valence-electron chi connectivity index (χ0n) is 13.2. The fourth-order valence-corrected chi connectivity index (χ4v) is 3.38. The summed E-state index contributed by atoms with van der Waals surface area (Å²) in [6.45, 7) is 6.81. The molecule has 1 aliphatic heterocycles. The zero-order chi connectivity index (χ0) is 14.9. The Kier molecular flexibility index (Phi) is 7.24. The van der Waals surface area contributed by atoms with Crippen molar-refractivity contribution in [1.29, 1.82) is 0 Å². The Morgan fingerprint density at radius 3 is 2.67 bits per heavy atom. The van der Waals surface area contributed by atoms with Gasteiger partial charge in [0.1, 0.15) is 0 Å². The lowest BCUT2D eigenvalue weighted by molar-refractivity contribution is 0.268. The van der Waals surface area contributed by atoms with E-state index in [0.29, 0.717) is 6.04 Å². The van der Waals surface area contributed by atoms with E-state index in [9.17, 15) is 0 Å². The van der Waals surface area contributed by atoms with E-state index in [0.717, 1.165) is 49.9 Å². The number of benzene rings is 1. The highest BCUT2D eigenvalue weighted by Gasteiger charge is 2.16. The van der Waals surface area contributed by atoms with E-state index in [-0.39, 0.29) is 0 Å². The molecule has 3 nitrogen and oxygen atoms in total. The third-order valence-electron chi connectivity index (χ3n) is 3.43. The molecule has 1 atom stereocenters. The SMILES string of the molecule is CCCOc1ccc(C2CSCCCN2)cc1OCCC. The standard InChI is InChI=1S/C17H27NO2S/c1-3-9-19-16-7-6-14(12-17(16)20-10-4-2)15-13-21-11-5-8-18-15/h6-7,12,15,18H,3-5,8-11,13H2,1-2H3.